The number of carbonyl (C=O) groups excluding carboxylic acids is 1. The van der Waals surface area contributed by atoms with E-state index in [2.05, 4.69) is 10.2 Å². The minimum Gasteiger partial charge on any atom is -0.449 e. The fourth-order valence-electron chi connectivity index (χ4n) is 3.64. The normalized spacial score (nSPS) is 18.3. The first-order chi connectivity index (χ1) is 13.0. The Morgan fingerprint density at radius 1 is 1.00 bits per heavy atom. The molecule has 2 heterocycles. The average molecular weight is 366 g/mol. The smallest absolute Gasteiger partial charge is 0.255 e. The lowest BCUT2D eigenvalue weighted by atomic mass is 10.1. The number of ether oxygens (including phenoxy) is 2. The zero-order valence-corrected chi connectivity index (χ0v) is 16.0. The molecule has 2 aliphatic rings. The number of hydrogen-bond donors (Lipinski definition) is 1. The van der Waals surface area contributed by atoms with Gasteiger partial charge in [0.15, 0.2) is 11.5 Å². The van der Waals surface area contributed by atoms with E-state index in [1.807, 2.05) is 50.2 Å². The lowest BCUT2D eigenvalue weighted by Gasteiger charge is -2.26. The number of piperidine rings is 1. The van der Waals surface area contributed by atoms with Crippen molar-refractivity contribution in [1.82, 2.24) is 4.90 Å². The third kappa shape index (κ3) is 4.25. The van der Waals surface area contributed by atoms with Gasteiger partial charge in [-0.1, -0.05) is 18.6 Å². The first-order valence-electron chi connectivity index (χ1n) is 9.63. The molecule has 27 heavy (non-hydrogen) atoms. The molecule has 1 N–H and O–H groups in total. The Hall–Kier alpha value is -2.53. The summed E-state index contributed by atoms with van der Waals surface area (Å²) in [5, 5.41) is 2.93. The summed E-state index contributed by atoms with van der Waals surface area (Å²) in [7, 11) is 0. The van der Waals surface area contributed by atoms with E-state index < -0.39 is 5.79 Å². The van der Waals surface area contributed by atoms with Crippen molar-refractivity contribution in [2.24, 2.45) is 0 Å². The highest BCUT2D eigenvalue weighted by molar-refractivity contribution is 6.04. The summed E-state index contributed by atoms with van der Waals surface area (Å²) >= 11 is 0. The quantitative estimate of drug-likeness (QED) is 0.870. The molecule has 5 heteroatoms. The fraction of sp³-hybridized carbons (Fsp3) is 0.409. The van der Waals surface area contributed by atoms with Crippen LogP contribution in [-0.4, -0.2) is 29.7 Å². The minimum absolute atomic E-state index is 0.127. The van der Waals surface area contributed by atoms with Gasteiger partial charge in [0.2, 0.25) is 5.79 Å². The monoisotopic (exact) mass is 366 g/mol. The summed E-state index contributed by atoms with van der Waals surface area (Å²) in [6.45, 7) is 7.01. The van der Waals surface area contributed by atoms with Crippen molar-refractivity contribution in [3.8, 4) is 11.5 Å². The van der Waals surface area contributed by atoms with Crippen molar-refractivity contribution in [2.75, 3.05) is 18.4 Å². The summed E-state index contributed by atoms with van der Waals surface area (Å²) < 4.78 is 11.4. The number of benzene rings is 2. The number of rotatable bonds is 4. The largest absolute Gasteiger partial charge is 0.449 e. The van der Waals surface area contributed by atoms with Gasteiger partial charge in [0, 0.05) is 37.7 Å². The molecule has 0 saturated carbocycles. The van der Waals surface area contributed by atoms with Crippen LogP contribution >= 0.6 is 0 Å². The van der Waals surface area contributed by atoms with Crippen molar-refractivity contribution in [3.05, 3.63) is 53.6 Å². The van der Waals surface area contributed by atoms with Crippen molar-refractivity contribution in [1.29, 1.82) is 0 Å². The predicted molar refractivity (Wildman–Crippen MR) is 105 cm³/mol. The molecule has 2 aromatic rings. The third-order valence-electron chi connectivity index (χ3n) is 4.98. The van der Waals surface area contributed by atoms with Crippen LogP contribution in [0.15, 0.2) is 42.5 Å². The number of likely N-dealkylation sites (tertiary alicyclic amines) is 1. The van der Waals surface area contributed by atoms with E-state index in [4.69, 9.17) is 9.47 Å². The lowest BCUT2D eigenvalue weighted by molar-refractivity contribution is -0.0431. The molecule has 4 rings (SSSR count). The van der Waals surface area contributed by atoms with Crippen LogP contribution in [0.1, 0.15) is 49.0 Å². The molecule has 2 aliphatic heterocycles. The lowest BCUT2D eigenvalue weighted by Crippen LogP contribution is -2.29. The van der Waals surface area contributed by atoms with E-state index in [-0.39, 0.29) is 5.91 Å². The van der Waals surface area contributed by atoms with E-state index in [9.17, 15) is 4.79 Å². The van der Waals surface area contributed by atoms with Crippen molar-refractivity contribution < 1.29 is 14.3 Å². The third-order valence-corrected chi connectivity index (χ3v) is 4.98. The number of hydrogen-bond acceptors (Lipinski definition) is 4. The average Bonchev–Trinajstić information content (AvgIpc) is 2.96. The van der Waals surface area contributed by atoms with E-state index in [0.717, 1.165) is 6.54 Å². The van der Waals surface area contributed by atoms with Gasteiger partial charge in [0.05, 0.1) is 0 Å². The van der Waals surface area contributed by atoms with Gasteiger partial charge in [-0.25, -0.2) is 0 Å². The highest BCUT2D eigenvalue weighted by Gasteiger charge is 2.31. The molecule has 0 aromatic heterocycles. The van der Waals surface area contributed by atoms with Crippen LogP contribution in [0.5, 0.6) is 11.5 Å². The van der Waals surface area contributed by atoms with Crippen molar-refractivity contribution in [3.63, 3.8) is 0 Å². The molecule has 142 valence electrons. The van der Waals surface area contributed by atoms with Gasteiger partial charge in [0.25, 0.3) is 5.91 Å². The van der Waals surface area contributed by atoms with Crippen LogP contribution in [0, 0.1) is 0 Å². The van der Waals surface area contributed by atoms with Crippen LogP contribution in [0.3, 0.4) is 0 Å². The van der Waals surface area contributed by atoms with Crippen LogP contribution < -0.4 is 14.8 Å². The van der Waals surface area contributed by atoms with E-state index >= 15 is 0 Å². The molecule has 1 fully saturated rings. The Morgan fingerprint density at radius 2 is 1.70 bits per heavy atom. The highest BCUT2D eigenvalue weighted by Crippen LogP contribution is 2.40. The summed E-state index contributed by atoms with van der Waals surface area (Å²) in [4.78, 5) is 15.0. The molecule has 0 bridgehead atoms. The topological polar surface area (TPSA) is 50.8 Å². The Kier molecular flexibility index (Phi) is 4.79. The zero-order chi connectivity index (χ0) is 18.9. The number of amides is 1. The maximum absolute atomic E-state index is 12.5. The first kappa shape index (κ1) is 17.9. The van der Waals surface area contributed by atoms with Gasteiger partial charge in [-0.15, -0.1) is 0 Å². The molecule has 1 amide bonds. The Balaban J connectivity index is 1.38. The van der Waals surface area contributed by atoms with Gasteiger partial charge in [-0.05, 0) is 55.8 Å². The predicted octanol–water partition coefficient (Wildman–Crippen LogP) is 4.43. The highest BCUT2D eigenvalue weighted by atomic mass is 16.7. The van der Waals surface area contributed by atoms with Gasteiger partial charge in [-0.2, -0.15) is 0 Å². The summed E-state index contributed by atoms with van der Waals surface area (Å²) in [5.41, 5.74) is 2.59. The molecular weight excluding hydrogens is 340 g/mol. The number of carbonyl (C=O) groups is 1. The second-order valence-corrected chi connectivity index (χ2v) is 7.75. The second-order valence-electron chi connectivity index (χ2n) is 7.75. The van der Waals surface area contributed by atoms with Crippen LogP contribution in [0.2, 0.25) is 0 Å². The molecule has 2 aromatic carbocycles. The second kappa shape index (κ2) is 7.24. The van der Waals surface area contributed by atoms with E-state index in [1.165, 1.54) is 37.9 Å². The summed E-state index contributed by atoms with van der Waals surface area (Å²) in [6.07, 6.45) is 3.91. The van der Waals surface area contributed by atoms with Crippen molar-refractivity contribution in [2.45, 2.75) is 45.4 Å². The maximum Gasteiger partial charge on any atom is 0.255 e. The summed E-state index contributed by atoms with van der Waals surface area (Å²) in [6, 6.07) is 13.3. The van der Waals surface area contributed by atoms with Crippen molar-refractivity contribution >= 4 is 11.6 Å². The van der Waals surface area contributed by atoms with Gasteiger partial charge in [-0.3, -0.25) is 9.69 Å². The van der Waals surface area contributed by atoms with E-state index in [1.54, 1.807) is 6.07 Å². The minimum atomic E-state index is -0.671. The number of fused-ring (bicyclic) bond motifs is 1. The number of nitrogens with zero attached hydrogens (tertiary/aromatic N) is 1. The first-order valence-corrected chi connectivity index (χ1v) is 9.63. The molecule has 0 spiro atoms. The molecular formula is C22H26N2O3. The SMILES string of the molecule is CC1(C)Oc2ccc(NC(=O)c3ccc(CN4CCCCC4)cc3)cc2O1. The van der Waals surface area contributed by atoms with Crippen LogP contribution in [0.4, 0.5) is 5.69 Å². The molecule has 0 radical (unpaired) electrons. The Bertz CT molecular complexity index is 824. The Labute approximate surface area is 160 Å². The van der Waals surface area contributed by atoms with E-state index in [0.29, 0.717) is 22.7 Å². The molecule has 5 nitrogen and oxygen atoms in total. The van der Waals surface area contributed by atoms with Gasteiger partial charge < -0.3 is 14.8 Å². The number of nitrogens with one attached hydrogen (secondary N) is 1. The van der Waals surface area contributed by atoms with Crippen LogP contribution in [-0.2, 0) is 6.54 Å². The standard InChI is InChI=1S/C22H26N2O3/c1-22(2)26-19-11-10-18(14-20(19)27-22)23-21(25)17-8-6-16(7-9-17)15-24-12-4-3-5-13-24/h6-11,14H,3-5,12-13,15H2,1-2H3,(H,23,25). The molecule has 1 saturated heterocycles. The maximum atomic E-state index is 12.5. The molecule has 0 atom stereocenters. The Morgan fingerprint density at radius 3 is 2.44 bits per heavy atom. The summed E-state index contributed by atoms with van der Waals surface area (Å²) in [5.74, 6) is 0.544. The van der Waals surface area contributed by atoms with Gasteiger partial charge in [0.1, 0.15) is 0 Å². The fourth-order valence-corrected chi connectivity index (χ4v) is 3.64. The zero-order valence-electron chi connectivity index (χ0n) is 16.0. The van der Waals surface area contributed by atoms with Gasteiger partial charge >= 0.3 is 0 Å². The molecule has 0 unspecified atom stereocenters. The van der Waals surface area contributed by atoms with Crippen LogP contribution in [0.25, 0.3) is 0 Å². The molecule has 0 aliphatic carbocycles. The number of anilines is 1.